The molecule has 2 fully saturated rings. The fourth-order valence-electron chi connectivity index (χ4n) is 2.69. The van der Waals surface area contributed by atoms with Crippen molar-refractivity contribution in [3.05, 3.63) is 5.32 Å². The van der Waals surface area contributed by atoms with Crippen LogP contribution < -0.4 is 0 Å². The second kappa shape index (κ2) is 5.02. The molecular weight excluding hydrogens is 211 g/mol. The summed E-state index contributed by atoms with van der Waals surface area (Å²) < 4.78 is 0. The van der Waals surface area contributed by atoms with Crippen LogP contribution in [0.3, 0.4) is 0 Å². The van der Waals surface area contributed by atoms with Gasteiger partial charge < -0.3 is 10.2 Å². The summed E-state index contributed by atoms with van der Waals surface area (Å²) in [4.78, 5) is 2.62. The molecule has 1 atom stereocenters. The first kappa shape index (κ1) is 12.6. The molecule has 0 aliphatic carbocycles. The largest absolute Gasteiger partial charge is 0.661 e. The van der Waals surface area contributed by atoms with Gasteiger partial charge in [-0.05, 0) is 31.8 Å². The van der Waals surface area contributed by atoms with Crippen molar-refractivity contribution in [2.45, 2.75) is 26.7 Å². The topological polar surface area (TPSA) is 17.3 Å². The molecule has 2 heterocycles. The van der Waals surface area contributed by atoms with Gasteiger partial charge in [-0.2, -0.15) is 0 Å². The monoisotopic (exact) mass is 232 g/mol. The normalized spacial score (nSPS) is 30.9. The maximum Gasteiger partial charge on any atom is 0.00111 e. The predicted molar refractivity (Wildman–Crippen MR) is 56.0 cm³/mol. The molecule has 2 aliphatic rings. The molecule has 0 aromatic heterocycles. The van der Waals surface area contributed by atoms with Gasteiger partial charge >= 0.3 is 0 Å². The zero-order valence-corrected chi connectivity index (χ0v) is 10.8. The summed E-state index contributed by atoms with van der Waals surface area (Å²) >= 11 is 0. The average Bonchev–Trinajstić information content (AvgIpc) is 2.02. The third-order valence-electron chi connectivity index (χ3n) is 3.90. The van der Waals surface area contributed by atoms with E-state index in [2.05, 4.69) is 24.1 Å². The minimum atomic E-state index is 0. The van der Waals surface area contributed by atoms with E-state index in [0.717, 1.165) is 19.0 Å². The summed E-state index contributed by atoms with van der Waals surface area (Å²) in [6, 6.07) is 0. The van der Waals surface area contributed by atoms with Crippen molar-refractivity contribution in [1.82, 2.24) is 4.90 Å². The summed E-state index contributed by atoms with van der Waals surface area (Å²) in [6.45, 7) is 10.9. The molecule has 1 radical (unpaired) electrons. The standard InChI is InChI=1S/C11H21N2.V/c1-3-5-13-6-4-11(8-12-9-11)10(2)7-13;/h10H,3-9H2,1-2H3;/q-1;. The molecule has 0 aromatic carbocycles. The zero-order chi connectivity index (χ0) is 9.31. The molecule has 2 aliphatic heterocycles. The third-order valence-corrected chi connectivity index (χ3v) is 3.90. The van der Waals surface area contributed by atoms with Crippen molar-refractivity contribution < 1.29 is 18.6 Å². The molecule has 2 rings (SSSR count). The number of nitrogens with zero attached hydrogens (tertiary/aromatic N) is 2. The van der Waals surface area contributed by atoms with E-state index >= 15 is 0 Å². The first-order valence-electron chi connectivity index (χ1n) is 5.62. The van der Waals surface area contributed by atoms with Gasteiger partial charge in [0.1, 0.15) is 0 Å². The van der Waals surface area contributed by atoms with Crippen LogP contribution in [0.25, 0.3) is 5.32 Å². The van der Waals surface area contributed by atoms with Crippen LogP contribution in [0.4, 0.5) is 0 Å². The van der Waals surface area contributed by atoms with Gasteiger partial charge in [-0.1, -0.05) is 19.3 Å². The van der Waals surface area contributed by atoms with E-state index in [1.165, 1.54) is 32.5 Å². The molecule has 81 valence electrons. The van der Waals surface area contributed by atoms with Gasteiger partial charge in [0.2, 0.25) is 0 Å². The molecule has 14 heavy (non-hydrogen) atoms. The number of likely N-dealkylation sites (tertiary alicyclic amines) is 1. The smallest absolute Gasteiger partial charge is 0.00111 e. The van der Waals surface area contributed by atoms with Crippen molar-refractivity contribution >= 4 is 0 Å². The van der Waals surface area contributed by atoms with Crippen molar-refractivity contribution in [2.75, 3.05) is 32.7 Å². The minimum Gasteiger partial charge on any atom is -0.661 e. The predicted octanol–water partition coefficient (Wildman–Crippen LogP) is 2.11. The Morgan fingerprint density at radius 3 is 2.57 bits per heavy atom. The van der Waals surface area contributed by atoms with Gasteiger partial charge in [-0.15, -0.1) is 13.1 Å². The fraction of sp³-hybridized carbons (Fsp3) is 1.00. The van der Waals surface area contributed by atoms with Crippen molar-refractivity contribution in [1.29, 1.82) is 0 Å². The summed E-state index contributed by atoms with van der Waals surface area (Å²) in [6.07, 6.45) is 2.68. The Labute approximate surface area is 99.7 Å². The Bertz CT molecular complexity index is 180. The summed E-state index contributed by atoms with van der Waals surface area (Å²) in [5, 5.41) is 4.40. The van der Waals surface area contributed by atoms with Crippen LogP contribution in [-0.2, 0) is 18.6 Å². The quantitative estimate of drug-likeness (QED) is 0.712. The molecule has 0 N–H and O–H groups in total. The first-order valence-corrected chi connectivity index (χ1v) is 5.62. The second-order valence-electron chi connectivity index (χ2n) is 4.85. The Morgan fingerprint density at radius 2 is 2.14 bits per heavy atom. The number of piperidine rings is 1. The van der Waals surface area contributed by atoms with Crippen LogP contribution in [0.2, 0.25) is 0 Å². The summed E-state index contributed by atoms with van der Waals surface area (Å²) in [7, 11) is 0. The summed E-state index contributed by atoms with van der Waals surface area (Å²) in [5.74, 6) is 0.866. The van der Waals surface area contributed by atoms with E-state index in [-0.39, 0.29) is 18.6 Å². The van der Waals surface area contributed by atoms with E-state index < -0.39 is 0 Å². The van der Waals surface area contributed by atoms with E-state index in [1.807, 2.05) is 0 Å². The molecule has 0 saturated carbocycles. The van der Waals surface area contributed by atoms with Crippen LogP contribution in [0.1, 0.15) is 26.7 Å². The molecule has 2 nitrogen and oxygen atoms in total. The fourth-order valence-corrected chi connectivity index (χ4v) is 2.69. The van der Waals surface area contributed by atoms with Crippen LogP contribution in [0.5, 0.6) is 0 Å². The van der Waals surface area contributed by atoms with Gasteiger partial charge in [0.15, 0.2) is 0 Å². The number of hydrogen-bond donors (Lipinski definition) is 0. The molecule has 2 saturated heterocycles. The maximum atomic E-state index is 4.40. The SMILES string of the molecule is CCCN1CCC2(C[N-]C2)C(C)C1.[V]. The molecule has 1 spiro atoms. The Morgan fingerprint density at radius 1 is 1.43 bits per heavy atom. The van der Waals surface area contributed by atoms with Gasteiger partial charge in [-0.25, -0.2) is 0 Å². The van der Waals surface area contributed by atoms with Gasteiger partial charge in [-0.3, -0.25) is 0 Å². The Hall–Kier alpha value is 0.504. The zero-order valence-electron chi connectivity index (χ0n) is 9.37. The maximum absolute atomic E-state index is 4.40. The van der Waals surface area contributed by atoms with Gasteiger partial charge in [0.25, 0.3) is 0 Å². The molecular formula is C11H21N2V-. The Kier molecular flexibility index (Phi) is 4.51. The number of hydrogen-bond acceptors (Lipinski definition) is 1. The van der Waals surface area contributed by atoms with Crippen LogP contribution in [-0.4, -0.2) is 37.6 Å². The van der Waals surface area contributed by atoms with Crippen LogP contribution >= 0.6 is 0 Å². The van der Waals surface area contributed by atoms with Gasteiger partial charge in [0.05, 0.1) is 0 Å². The van der Waals surface area contributed by atoms with E-state index in [9.17, 15) is 0 Å². The minimum absolute atomic E-state index is 0. The van der Waals surface area contributed by atoms with E-state index in [0.29, 0.717) is 5.41 Å². The van der Waals surface area contributed by atoms with Crippen LogP contribution in [0, 0.1) is 11.3 Å². The Balaban J connectivity index is 0.000000980. The van der Waals surface area contributed by atoms with Crippen molar-refractivity contribution in [2.24, 2.45) is 11.3 Å². The molecule has 0 bridgehead atoms. The first-order chi connectivity index (χ1) is 6.27. The van der Waals surface area contributed by atoms with Crippen LogP contribution in [0.15, 0.2) is 0 Å². The molecule has 0 amide bonds. The van der Waals surface area contributed by atoms with E-state index in [4.69, 9.17) is 0 Å². The molecule has 0 aromatic rings. The van der Waals surface area contributed by atoms with Crippen molar-refractivity contribution in [3.8, 4) is 0 Å². The number of rotatable bonds is 2. The molecule has 1 unspecified atom stereocenters. The average molecular weight is 232 g/mol. The van der Waals surface area contributed by atoms with Crippen molar-refractivity contribution in [3.63, 3.8) is 0 Å². The third kappa shape index (κ3) is 2.19. The molecule has 3 heteroatoms. The van der Waals surface area contributed by atoms with E-state index in [1.54, 1.807) is 0 Å². The second-order valence-corrected chi connectivity index (χ2v) is 4.85. The summed E-state index contributed by atoms with van der Waals surface area (Å²) in [5.41, 5.74) is 0.629. The van der Waals surface area contributed by atoms with Gasteiger partial charge in [0, 0.05) is 25.1 Å².